The molecule has 1 unspecified atom stereocenters. The van der Waals surface area contributed by atoms with Gasteiger partial charge >= 0.3 is 0 Å². The summed E-state index contributed by atoms with van der Waals surface area (Å²) in [6.07, 6.45) is -0.986. The molecule has 2 rings (SSSR count). The van der Waals surface area contributed by atoms with Gasteiger partial charge in [-0.15, -0.1) is 0 Å². The van der Waals surface area contributed by atoms with Gasteiger partial charge in [-0.3, -0.25) is 19.3 Å². The number of amides is 2. The monoisotopic (exact) mass is 277 g/mol. The quantitative estimate of drug-likeness (QED) is 0.791. The van der Waals surface area contributed by atoms with Crippen LogP contribution in [0.1, 0.15) is 41.8 Å². The number of benzene rings is 1. The SMILES string of the molecule is CC(=O)N(C(C)=O)c1cc(C)cc2c1C(=O)C(F)CC2. The predicted molar refractivity (Wildman–Crippen MR) is 72.6 cm³/mol. The molecule has 1 atom stereocenters. The van der Waals surface area contributed by atoms with Crippen molar-refractivity contribution in [1.29, 1.82) is 0 Å². The molecule has 0 bridgehead atoms. The first-order valence-electron chi connectivity index (χ1n) is 6.46. The second-order valence-corrected chi connectivity index (χ2v) is 5.06. The maximum atomic E-state index is 13.7. The van der Waals surface area contributed by atoms with Crippen molar-refractivity contribution in [2.75, 3.05) is 4.90 Å². The molecule has 0 aliphatic heterocycles. The maximum Gasteiger partial charge on any atom is 0.230 e. The van der Waals surface area contributed by atoms with Gasteiger partial charge in [0.2, 0.25) is 11.8 Å². The summed E-state index contributed by atoms with van der Waals surface area (Å²) < 4.78 is 13.7. The van der Waals surface area contributed by atoms with Crippen molar-refractivity contribution in [3.8, 4) is 0 Å². The maximum absolute atomic E-state index is 13.7. The van der Waals surface area contributed by atoms with E-state index in [4.69, 9.17) is 0 Å². The van der Waals surface area contributed by atoms with Gasteiger partial charge in [0, 0.05) is 19.4 Å². The Labute approximate surface area is 116 Å². The molecule has 0 spiro atoms. The smallest absolute Gasteiger partial charge is 0.230 e. The molecule has 0 heterocycles. The first kappa shape index (κ1) is 14.4. The standard InChI is InChI=1S/C15H16FNO3/c1-8-6-11-4-5-12(16)15(20)14(11)13(7-8)17(9(2)18)10(3)19/h6-7,12H,4-5H2,1-3H3. The third-order valence-corrected chi connectivity index (χ3v) is 3.41. The number of fused-ring (bicyclic) bond motifs is 1. The zero-order valence-corrected chi connectivity index (χ0v) is 11.7. The highest BCUT2D eigenvalue weighted by atomic mass is 19.1. The minimum atomic E-state index is -1.57. The Balaban J connectivity index is 2.70. The molecule has 0 radical (unpaired) electrons. The Kier molecular flexibility index (Phi) is 3.70. The number of alkyl halides is 1. The molecule has 1 aromatic rings. The number of hydrogen-bond donors (Lipinski definition) is 0. The van der Waals surface area contributed by atoms with E-state index >= 15 is 0 Å². The number of carbonyl (C=O) groups is 3. The van der Waals surface area contributed by atoms with Crippen LogP contribution < -0.4 is 4.90 Å². The molecule has 2 amide bonds. The predicted octanol–water partition coefficient (Wildman–Crippen LogP) is 2.36. The number of hydrogen-bond acceptors (Lipinski definition) is 3. The highest BCUT2D eigenvalue weighted by molar-refractivity contribution is 6.18. The minimum Gasteiger partial charge on any atom is -0.291 e. The number of carbonyl (C=O) groups excluding carboxylic acids is 3. The summed E-state index contributed by atoms with van der Waals surface area (Å²) in [7, 11) is 0. The number of rotatable bonds is 1. The van der Waals surface area contributed by atoms with Gasteiger partial charge in [-0.25, -0.2) is 4.39 Å². The lowest BCUT2D eigenvalue weighted by Crippen LogP contribution is -2.36. The van der Waals surface area contributed by atoms with Crippen LogP contribution in [0.25, 0.3) is 0 Å². The Hall–Kier alpha value is -2.04. The normalized spacial score (nSPS) is 17.6. The molecule has 106 valence electrons. The molecule has 4 nitrogen and oxygen atoms in total. The van der Waals surface area contributed by atoms with Crippen LogP contribution >= 0.6 is 0 Å². The van der Waals surface area contributed by atoms with Gasteiger partial charge in [0.05, 0.1) is 5.69 Å². The molecule has 5 heteroatoms. The first-order valence-corrected chi connectivity index (χ1v) is 6.46. The van der Waals surface area contributed by atoms with Crippen molar-refractivity contribution < 1.29 is 18.8 Å². The van der Waals surface area contributed by atoms with E-state index in [9.17, 15) is 18.8 Å². The molecule has 0 fully saturated rings. The number of ketones is 1. The van der Waals surface area contributed by atoms with E-state index in [1.54, 1.807) is 12.1 Å². The molecule has 0 N–H and O–H groups in total. The lowest BCUT2D eigenvalue weighted by molar-refractivity contribution is -0.124. The second kappa shape index (κ2) is 5.15. The van der Waals surface area contributed by atoms with Crippen molar-refractivity contribution in [1.82, 2.24) is 0 Å². The molecule has 1 aromatic carbocycles. The summed E-state index contributed by atoms with van der Waals surface area (Å²) in [5, 5.41) is 0. The average Bonchev–Trinajstić information content (AvgIpc) is 2.32. The Bertz CT molecular complexity index is 595. The van der Waals surface area contributed by atoms with Crippen LogP contribution in [0.4, 0.5) is 10.1 Å². The largest absolute Gasteiger partial charge is 0.291 e. The van der Waals surface area contributed by atoms with Crippen LogP contribution in [0.5, 0.6) is 0 Å². The lowest BCUT2D eigenvalue weighted by Gasteiger charge is -2.26. The number of Topliss-reactive ketones (excluding diaryl/α,β-unsaturated/α-hetero) is 1. The third kappa shape index (κ3) is 2.35. The highest BCUT2D eigenvalue weighted by Crippen LogP contribution is 2.33. The summed E-state index contributed by atoms with van der Waals surface area (Å²) >= 11 is 0. The summed E-state index contributed by atoms with van der Waals surface area (Å²) in [6, 6.07) is 3.39. The van der Waals surface area contributed by atoms with E-state index in [0.717, 1.165) is 10.5 Å². The number of anilines is 1. The van der Waals surface area contributed by atoms with Gasteiger partial charge in [0.15, 0.2) is 12.0 Å². The number of halogens is 1. The fourth-order valence-electron chi connectivity index (χ4n) is 2.63. The second-order valence-electron chi connectivity index (χ2n) is 5.06. The Morgan fingerprint density at radius 3 is 2.40 bits per heavy atom. The van der Waals surface area contributed by atoms with Crippen molar-refractivity contribution in [3.63, 3.8) is 0 Å². The molecule has 0 aromatic heterocycles. The minimum absolute atomic E-state index is 0.148. The van der Waals surface area contributed by atoms with Gasteiger partial charge < -0.3 is 0 Å². The Morgan fingerprint density at radius 2 is 1.85 bits per heavy atom. The van der Waals surface area contributed by atoms with Crippen molar-refractivity contribution in [3.05, 3.63) is 28.8 Å². The number of imide groups is 1. The summed E-state index contributed by atoms with van der Waals surface area (Å²) in [5.41, 5.74) is 1.90. The number of aryl methyl sites for hydroxylation is 2. The van der Waals surface area contributed by atoms with Crippen LogP contribution in [-0.2, 0) is 16.0 Å². The van der Waals surface area contributed by atoms with Gasteiger partial charge in [-0.2, -0.15) is 0 Å². The summed E-state index contributed by atoms with van der Waals surface area (Å²) in [6.45, 7) is 4.31. The van der Waals surface area contributed by atoms with E-state index in [0.29, 0.717) is 12.0 Å². The van der Waals surface area contributed by atoms with Gasteiger partial charge in [-0.1, -0.05) is 6.07 Å². The molecular formula is C15H16FNO3. The van der Waals surface area contributed by atoms with E-state index in [2.05, 4.69) is 0 Å². The topological polar surface area (TPSA) is 54.5 Å². The van der Waals surface area contributed by atoms with Gasteiger partial charge in [-0.05, 0) is 37.0 Å². The summed E-state index contributed by atoms with van der Waals surface area (Å²) in [5.74, 6) is -1.62. The van der Waals surface area contributed by atoms with Gasteiger partial charge in [0.25, 0.3) is 0 Å². The lowest BCUT2D eigenvalue weighted by atomic mass is 9.86. The van der Waals surface area contributed by atoms with E-state index in [1.165, 1.54) is 13.8 Å². The van der Waals surface area contributed by atoms with E-state index in [-0.39, 0.29) is 17.7 Å². The fourth-order valence-corrected chi connectivity index (χ4v) is 2.63. The summed E-state index contributed by atoms with van der Waals surface area (Å²) in [4.78, 5) is 36.3. The van der Waals surface area contributed by atoms with Crippen LogP contribution in [0.15, 0.2) is 12.1 Å². The molecule has 20 heavy (non-hydrogen) atoms. The molecule has 0 saturated heterocycles. The molecular weight excluding hydrogens is 261 g/mol. The molecule has 1 aliphatic rings. The van der Waals surface area contributed by atoms with Crippen molar-refractivity contribution in [2.24, 2.45) is 0 Å². The fraction of sp³-hybridized carbons (Fsp3) is 0.400. The zero-order valence-electron chi connectivity index (χ0n) is 11.7. The van der Waals surface area contributed by atoms with E-state index in [1.807, 2.05) is 6.92 Å². The highest BCUT2D eigenvalue weighted by Gasteiger charge is 2.33. The average molecular weight is 277 g/mol. The van der Waals surface area contributed by atoms with Crippen LogP contribution in [-0.4, -0.2) is 23.8 Å². The molecule has 1 aliphatic carbocycles. The number of nitrogens with zero attached hydrogens (tertiary/aromatic N) is 1. The zero-order chi connectivity index (χ0) is 15.0. The Morgan fingerprint density at radius 1 is 1.25 bits per heavy atom. The van der Waals surface area contributed by atoms with Crippen LogP contribution in [0, 0.1) is 6.92 Å². The van der Waals surface area contributed by atoms with Crippen molar-refractivity contribution >= 4 is 23.3 Å². The first-order chi connectivity index (χ1) is 9.32. The van der Waals surface area contributed by atoms with Gasteiger partial charge in [0.1, 0.15) is 0 Å². The third-order valence-electron chi connectivity index (χ3n) is 3.41. The van der Waals surface area contributed by atoms with E-state index < -0.39 is 23.8 Å². The van der Waals surface area contributed by atoms with Crippen LogP contribution in [0.2, 0.25) is 0 Å². The molecule has 0 saturated carbocycles. The van der Waals surface area contributed by atoms with Crippen LogP contribution in [0.3, 0.4) is 0 Å². The van der Waals surface area contributed by atoms with Crippen molar-refractivity contribution in [2.45, 2.75) is 39.8 Å².